The van der Waals surface area contributed by atoms with Gasteiger partial charge in [0.1, 0.15) is 22.0 Å². The largest absolute Gasteiger partial charge is 0.382 e. The lowest BCUT2D eigenvalue weighted by Gasteiger charge is -2.24. The van der Waals surface area contributed by atoms with Crippen LogP contribution in [0.3, 0.4) is 0 Å². The molecule has 5 aromatic rings. The van der Waals surface area contributed by atoms with Gasteiger partial charge in [-0.05, 0) is 56.3 Å². The lowest BCUT2D eigenvalue weighted by Crippen LogP contribution is -2.35. The lowest BCUT2D eigenvalue weighted by molar-refractivity contribution is 0.479. The van der Waals surface area contributed by atoms with Gasteiger partial charge in [-0.15, -0.1) is 16.4 Å². The summed E-state index contributed by atoms with van der Waals surface area (Å²) >= 11 is 1.49. The lowest BCUT2D eigenvalue weighted by atomic mass is 10.1. The van der Waals surface area contributed by atoms with Crippen LogP contribution in [0.4, 0.5) is 17.3 Å². The summed E-state index contributed by atoms with van der Waals surface area (Å²) in [6.07, 6.45) is 5.67. The minimum atomic E-state index is -0.227. The number of fused-ring (bicyclic) bond motifs is 1. The first-order chi connectivity index (χ1) is 20.4. The first-order valence-corrected chi connectivity index (χ1v) is 14.7. The highest BCUT2D eigenvalue weighted by Crippen LogP contribution is 2.26. The van der Waals surface area contributed by atoms with Crippen LogP contribution in [0.5, 0.6) is 0 Å². The minimum Gasteiger partial charge on any atom is -0.382 e. The summed E-state index contributed by atoms with van der Waals surface area (Å²) < 4.78 is 3.29. The minimum absolute atomic E-state index is 0.153. The van der Waals surface area contributed by atoms with E-state index in [1.54, 1.807) is 27.7 Å². The monoisotopic (exact) mass is 583 g/mol. The van der Waals surface area contributed by atoms with Crippen LogP contribution in [-0.4, -0.2) is 72.6 Å². The number of hydrogen-bond donors (Lipinski definition) is 3. The molecule has 42 heavy (non-hydrogen) atoms. The number of benzene rings is 1. The summed E-state index contributed by atoms with van der Waals surface area (Å²) in [4.78, 5) is 29.5. The van der Waals surface area contributed by atoms with Crippen molar-refractivity contribution in [3.05, 3.63) is 76.3 Å². The molecular weight excluding hydrogens is 550 g/mol. The molecule has 4 aromatic heterocycles. The van der Waals surface area contributed by atoms with Gasteiger partial charge in [-0.2, -0.15) is 4.98 Å². The summed E-state index contributed by atoms with van der Waals surface area (Å²) in [5.74, 6) is 0.383. The van der Waals surface area contributed by atoms with E-state index >= 15 is 0 Å². The molecule has 12 nitrogen and oxygen atoms in total. The van der Waals surface area contributed by atoms with Crippen molar-refractivity contribution in [2.45, 2.75) is 25.4 Å². The SMILES string of the molecule is C=C(c1cc2cnc(Nc3ccc(NC4CCNCC4)cc3)nc2n(Cc2nnn(C)c2-c2nccs2)c1=O)N(C)C. The molecule has 0 saturated carbocycles. The third-order valence-electron chi connectivity index (χ3n) is 7.37. The molecular formula is C29H33N11OS. The van der Waals surface area contributed by atoms with Gasteiger partial charge in [0.2, 0.25) is 5.95 Å². The summed E-state index contributed by atoms with van der Waals surface area (Å²) in [6.45, 7) is 6.36. The van der Waals surface area contributed by atoms with Gasteiger partial charge in [0.15, 0.2) is 0 Å². The molecule has 13 heteroatoms. The normalized spacial score (nSPS) is 13.8. The molecule has 3 N–H and O–H groups in total. The first kappa shape index (κ1) is 27.5. The van der Waals surface area contributed by atoms with Crippen molar-refractivity contribution < 1.29 is 0 Å². The number of anilines is 3. The van der Waals surface area contributed by atoms with Crippen molar-refractivity contribution in [3.63, 3.8) is 0 Å². The van der Waals surface area contributed by atoms with E-state index in [1.165, 1.54) is 11.3 Å². The van der Waals surface area contributed by atoms with Gasteiger partial charge in [0, 0.05) is 67.4 Å². The molecule has 0 unspecified atom stereocenters. The summed E-state index contributed by atoms with van der Waals surface area (Å²) in [6, 6.07) is 10.4. The third kappa shape index (κ3) is 5.60. The van der Waals surface area contributed by atoms with Gasteiger partial charge in [0.05, 0.1) is 12.1 Å². The van der Waals surface area contributed by atoms with Crippen LogP contribution in [0.15, 0.2) is 59.5 Å². The van der Waals surface area contributed by atoms with Crippen molar-refractivity contribution in [2.75, 3.05) is 37.8 Å². The number of nitrogens with one attached hydrogen (secondary N) is 3. The summed E-state index contributed by atoms with van der Waals surface area (Å²) in [5.41, 5.74) is 4.61. The van der Waals surface area contributed by atoms with Gasteiger partial charge >= 0.3 is 0 Å². The Morgan fingerprint density at radius 3 is 2.64 bits per heavy atom. The van der Waals surface area contributed by atoms with Crippen molar-refractivity contribution in [1.82, 2.24) is 44.7 Å². The van der Waals surface area contributed by atoms with Crippen LogP contribution >= 0.6 is 11.3 Å². The Labute approximate surface area is 247 Å². The van der Waals surface area contributed by atoms with Crippen LogP contribution in [-0.2, 0) is 13.6 Å². The fourth-order valence-corrected chi connectivity index (χ4v) is 5.79. The van der Waals surface area contributed by atoms with E-state index < -0.39 is 0 Å². The Bertz CT molecular complexity index is 1770. The maximum atomic E-state index is 13.9. The quantitative estimate of drug-likeness (QED) is 0.237. The van der Waals surface area contributed by atoms with E-state index in [2.05, 4.69) is 54.9 Å². The number of nitrogens with zero attached hydrogens (tertiary/aromatic N) is 8. The molecule has 1 saturated heterocycles. The Balaban J connectivity index is 1.35. The fraction of sp³-hybridized carbons (Fsp3) is 0.310. The molecule has 0 radical (unpaired) electrons. The Hall–Kier alpha value is -4.62. The molecule has 6 rings (SSSR count). The van der Waals surface area contributed by atoms with Crippen LogP contribution in [0, 0.1) is 0 Å². The smallest absolute Gasteiger partial charge is 0.261 e. The van der Waals surface area contributed by atoms with Gasteiger partial charge in [-0.3, -0.25) is 9.36 Å². The zero-order valence-corrected chi connectivity index (χ0v) is 24.6. The molecule has 1 aromatic carbocycles. The molecule has 0 atom stereocenters. The van der Waals surface area contributed by atoms with Gasteiger partial charge in [0.25, 0.3) is 5.56 Å². The number of piperidine rings is 1. The van der Waals surface area contributed by atoms with E-state index in [-0.39, 0.29) is 12.1 Å². The fourth-order valence-electron chi connectivity index (χ4n) is 5.05. The highest BCUT2D eigenvalue weighted by Gasteiger charge is 2.21. The average molecular weight is 584 g/mol. The number of aryl methyl sites for hydroxylation is 1. The second-order valence-corrected chi connectivity index (χ2v) is 11.4. The standard InChI is InChI=1S/C29H33N11OS/c1-18(38(2)3)23-15-19-16-32-29(34-21-7-5-20(6-8-21)33-22-9-11-30-12-10-22)35-26(19)40(28(23)41)17-24-25(39(4)37-36-24)27-31-13-14-42-27/h5-8,13-16,22,30,33H,1,9-12,17H2,2-4H3,(H,32,34,35). The number of thiazole rings is 1. The second-order valence-electron chi connectivity index (χ2n) is 10.5. The Kier molecular flexibility index (Phi) is 7.68. The maximum absolute atomic E-state index is 13.9. The molecule has 5 heterocycles. The zero-order chi connectivity index (χ0) is 29.2. The van der Waals surface area contributed by atoms with E-state index in [4.69, 9.17) is 4.98 Å². The molecule has 0 bridgehead atoms. The highest BCUT2D eigenvalue weighted by atomic mass is 32.1. The first-order valence-electron chi connectivity index (χ1n) is 13.8. The van der Waals surface area contributed by atoms with Gasteiger partial charge in [-0.25, -0.2) is 14.6 Å². The zero-order valence-electron chi connectivity index (χ0n) is 23.8. The number of pyridine rings is 1. The van der Waals surface area contributed by atoms with E-state index in [0.29, 0.717) is 40.0 Å². The molecule has 1 aliphatic rings. The van der Waals surface area contributed by atoms with Crippen molar-refractivity contribution in [1.29, 1.82) is 0 Å². The summed E-state index contributed by atoms with van der Waals surface area (Å²) in [7, 11) is 5.53. The van der Waals surface area contributed by atoms with Crippen LogP contribution in [0.2, 0.25) is 0 Å². The highest BCUT2D eigenvalue weighted by molar-refractivity contribution is 7.13. The predicted octanol–water partition coefficient (Wildman–Crippen LogP) is 3.53. The second kappa shape index (κ2) is 11.7. The maximum Gasteiger partial charge on any atom is 0.261 e. The van der Waals surface area contributed by atoms with Crippen molar-refractivity contribution >= 4 is 45.4 Å². The van der Waals surface area contributed by atoms with Crippen molar-refractivity contribution in [3.8, 4) is 10.7 Å². The Morgan fingerprint density at radius 2 is 1.93 bits per heavy atom. The molecule has 0 spiro atoms. The van der Waals surface area contributed by atoms with E-state index in [0.717, 1.165) is 48.0 Å². The van der Waals surface area contributed by atoms with Crippen molar-refractivity contribution in [2.24, 2.45) is 7.05 Å². The van der Waals surface area contributed by atoms with Crippen LogP contribution in [0.25, 0.3) is 27.4 Å². The molecule has 0 amide bonds. The van der Waals surface area contributed by atoms with E-state index in [9.17, 15) is 4.79 Å². The molecule has 0 aliphatic carbocycles. The third-order valence-corrected chi connectivity index (χ3v) is 8.15. The van der Waals surface area contributed by atoms with Crippen LogP contribution in [0.1, 0.15) is 24.1 Å². The topological polar surface area (TPSA) is 131 Å². The van der Waals surface area contributed by atoms with Crippen LogP contribution < -0.4 is 21.5 Å². The summed E-state index contributed by atoms with van der Waals surface area (Å²) in [5, 5.41) is 22.3. The van der Waals surface area contributed by atoms with Gasteiger partial charge < -0.3 is 20.9 Å². The molecule has 216 valence electrons. The predicted molar refractivity (Wildman–Crippen MR) is 167 cm³/mol. The number of hydrogen-bond acceptors (Lipinski definition) is 11. The molecule has 1 fully saturated rings. The Morgan fingerprint density at radius 1 is 1.17 bits per heavy atom. The van der Waals surface area contributed by atoms with Gasteiger partial charge in [-0.1, -0.05) is 11.8 Å². The molecule has 1 aliphatic heterocycles. The van der Waals surface area contributed by atoms with E-state index in [1.807, 2.05) is 43.6 Å². The number of rotatable bonds is 9. The number of aromatic nitrogens is 7. The average Bonchev–Trinajstić information content (AvgIpc) is 3.65.